The van der Waals surface area contributed by atoms with Gasteiger partial charge in [0.1, 0.15) is 17.7 Å². The zero-order valence-corrected chi connectivity index (χ0v) is 25.1. The molecule has 0 aromatic heterocycles. The number of alkyl carbamates (subject to hydrolysis) is 1. The summed E-state index contributed by atoms with van der Waals surface area (Å²) in [5.74, 6) is -0.587. The fourth-order valence-electron chi connectivity index (χ4n) is 4.03. The second-order valence-corrected chi connectivity index (χ2v) is 11.5. The molecule has 0 spiro atoms. The molecule has 2 atom stereocenters. The first-order valence-corrected chi connectivity index (χ1v) is 14.4. The van der Waals surface area contributed by atoms with E-state index < -0.39 is 35.7 Å². The Morgan fingerprint density at radius 2 is 1.66 bits per heavy atom. The predicted molar refractivity (Wildman–Crippen MR) is 151 cm³/mol. The molecule has 38 heavy (non-hydrogen) atoms. The third kappa shape index (κ3) is 11.3. The smallest absolute Gasteiger partial charge is 0.408 e. The zero-order valence-electron chi connectivity index (χ0n) is 24.3. The number of thioether (sulfide) groups is 1. The molecular weight excluding hydrogens is 506 g/mol. The number of carbonyl (C=O) groups is 4. The number of aryl methyl sites for hydroxylation is 2. The maximum Gasteiger partial charge on any atom is 0.408 e. The number of hydrogen-bond donors (Lipinski definition) is 2. The molecule has 0 fully saturated rings. The van der Waals surface area contributed by atoms with Crippen LogP contribution in [0.15, 0.2) is 18.2 Å². The Morgan fingerprint density at radius 3 is 2.16 bits per heavy atom. The molecule has 3 amide bonds. The third-order valence-electron chi connectivity index (χ3n) is 5.43. The van der Waals surface area contributed by atoms with Crippen molar-refractivity contribution in [3.8, 4) is 0 Å². The van der Waals surface area contributed by atoms with Gasteiger partial charge in [0.2, 0.25) is 11.8 Å². The molecule has 1 aromatic carbocycles. The summed E-state index contributed by atoms with van der Waals surface area (Å²) in [6, 6.07) is 3.52. The molecule has 2 N–H and O–H groups in total. The average Bonchev–Trinajstić information content (AvgIpc) is 2.77. The van der Waals surface area contributed by atoms with Crippen molar-refractivity contribution in [2.24, 2.45) is 0 Å². The topological polar surface area (TPSA) is 114 Å². The average molecular weight is 552 g/mol. The number of ether oxygens (including phenoxy) is 2. The molecule has 0 radical (unpaired) electrons. The fraction of sp³-hybridized carbons (Fsp3) is 0.643. The van der Waals surface area contributed by atoms with Gasteiger partial charge in [0, 0.05) is 12.6 Å². The third-order valence-corrected chi connectivity index (χ3v) is 6.07. The van der Waals surface area contributed by atoms with Crippen LogP contribution in [-0.2, 0) is 23.9 Å². The molecule has 0 aliphatic heterocycles. The Balaban J connectivity index is 3.42. The van der Waals surface area contributed by atoms with Crippen molar-refractivity contribution in [2.75, 3.05) is 25.2 Å². The Morgan fingerprint density at radius 1 is 1.05 bits per heavy atom. The largest absolute Gasteiger partial charge is 0.466 e. The molecule has 0 saturated heterocycles. The lowest BCUT2D eigenvalue weighted by atomic mass is 9.97. The molecule has 0 heterocycles. The van der Waals surface area contributed by atoms with Crippen LogP contribution in [0.1, 0.15) is 77.1 Å². The Hall–Kier alpha value is -2.75. The van der Waals surface area contributed by atoms with Gasteiger partial charge in [-0.2, -0.15) is 11.8 Å². The molecule has 0 aliphatic rings. The first kappa shape index (κ1) is 33.3. The van der Waals surface area contributed by atoms with Crippen LogP contribution in [0, 0.1) is 13.8 Å². The minimum absolute atomic E-state index is 0.0192. The van der Waals surface area contributed by atoms with E-state index in [1.165, 1.54) is 4.90 Å². The summed E-state index contributed by atoms with van der Waals surface area (Å²) in [4.78, 5) is 53.6. The lowest BCUT2D eigenvalue weighted by molar-refractivity contribution is -0.145. The monoisotopic (exact) mass is 551 g/mol. The standard InChI is InChI=1S/C28H45N3O6S/c1-10-36-23(32)11-13-29-25(33)24(21-16-19(4)15-20(5)17-21)31(18(2)3)26(34)22(12-14-38-9)30-27(35)37-28(6,7)8/h15-18,22,24H,10-14H2,1-9H3,(H,29,33)(H,30,35). The van der Waals surface area contributed by atoms with Crippen molar-refractivity contribution in [3.05, 3.63) is 34.9 Å². The van der Waals surface area contributed by atoms with Gasteiger partial charge in [-0.3, -0.25) is 14.4 Å². The highest BCUT2D eigenvalue weighted by molar-refractivity contribution is 7.98. The second-order valence-electron chi connectivity index (χ2n) is 10.5. The molecule has 1 aromatic rings. The van der Waals surface area contributed by atoms with Gasteiger partial charge in [0.25, 0.3) is 0 Å². The summed E-state index contributed by atoms with van der Waals surface area (Å²) in [7, 11) is 0. The van der Waals surface area contributed by atoms with Gasteiger partial charge in [-0.25, -0.2) is 4.79 Å². The van der Waals surface area contributed by atoms with Crippen molar-refractivity contribution in [3.63, 3.8) is 0 Å². The van der Waals surface area contributed by atoms with E-state index in [-0.39, 0.29) is 31.5 Å². The van der Waals surface area contributed by atoms with E-state index >= 15 is 0 Å². The van der Waals surface area contributed by atoms with Crippen molar-refractivity contribution < 1.29 is 28.7 Å². The molecule has 0 bridgehead atoms. The Kier molecular flexibility index (Phi) is 13.7. The minimum atomic E-state index is -0.972. The predicted octanol–water partition coefficient (Wildman–Crippen LogP) is 4.30. The number of amides is 3. The Labute approximate surface area is 231 Å². The lowest BCUT2D eigenvalue weighted by Crippen LogP contribution is -2.55. The highest BCUT2D eigenvalue weighted by Crippen LogP contribution is 2.27. The molecular formula is C28H45N3O6S. The quantitative estimate of drug-likeness (QED) is 0.352. The van der Waals surface area contributed by atoms with Crippen LogP contribution in [0.5, 0.6) is 0 Å². The van der Waals surface area contributed by atoms with Gasteiger partial charge in [-0.05, 0) is 79.4 Å². The van der Waals surface area contributed by atoms with E-state index in [4.69, 9.17) is 9.47 Å². The molecule has 1 rings (SSSR count). The maximum atomic E-state index is 14.0. The second kappa shape index (κ2) is 15.6. The summed E-state index contributed by atoms with van der Waals surface area (Å²) in [5, 5.41) is 5.53. The van der Waals surface area contributed by atoms with Gasteiger partial charge >= 0.3 is 12.1 Å². The highest BCUT2D eigenvalue weighted by Gasteiger charge is 2.37. The molecule has 2 unspecified atom stereocenters. The fourth-order valence-corrected chi connectivity index (χ4v) is 4.50. The molecule has 10 heteroatoms. The summed E-state index contributed by atoms with van der Waals surface area (Å²) in [6.45, 7) is 14.8. The van der Waals surface area contributed by atoms with Crippen molar-refractivity contribution in [1.29, 1.82) is 0 Å². The van der Waals surface area contributed by atoms with Crippen LogP contribution in [0.25, 0.3) is 0 Å². The van der Waals surface area contributed by atoms with Gasteiger partial charge in [-0.1, -0.05) is 29.3 Å². The first-order valence-electron chi connectivity index (χ1n) is 13.0. The minimum Gasteiger partial charge on any atom is -0.466 e. The summed E-state index contributed by atoms with van der Waals surface area (Å²) in [5.41, 5.74) is 1.83. The lowest BCUT2D eigenvalue weighted by Gasteiger charge is -2.37. The van der Waals surface area contributed by atoms with Gasteiger partial charge in [-0.15, -0.1) is 0 Å². The number of carbonyl (C=O) groups excluding carboxylic acids is 4. The number of nitrogens with one attached hydrogen (secondary N) is 2. The van der Waals surface area contributed by atoms with E-state index in [1.807, 2.05) is 52.1 Å². The van der Waals surface area contributed by atoms with Crippen LogP contribution in [0.2, 0.25) is 0 Å². The van der Waals surface area contributed by atoms with Crippen LogP contribution in [0.3, 0.4) is 0 Å². The van der Waals surface area contributed by atoms with Crippen LogP contribution >= 0.6 is 11.8 Å². The summed E-state index contributed by atoms with van der Waals surface area (Å²) >= 11 is 1.55. The summed E-state index contributed by atoms with van der Waals surface area (Å²) < 4.78 is 10.4. The number of nitrogens with zero attached hydrogens (tertiary/aromatic N) is 1. The van der Waals surface area contributed by atoms with Gasteiger partial charge < -0.3 is 25.0 Å². The van der Waals surface area contributed by atoms with Crippen molar-refractivity contribution >= 4 is 35.6 Å². The Bertz CT molecular complexity index is 940. The molecule has 214 valence electrons. The molecule has 9 nitrogen and oxygen atoms in total. The van der Waals surface area contributed by atoms with Gasteiger partial charge in [0.15, 0.2) is 0 Å². The normalized spacial score (nSPS) is 12.9. The van der Waals surface area contributed by atoms with Crippen LogP contribution < -0.4 is 10.6 Å². The van der Waals surface area contributed by atoms with E-state index in [0.29, 0.717) is 17.7 Å². The van der Waals surface area contributed by atoms with Crippen molar-refractivity contribution in [1.82, 2.24) is 15.5 Å². The maximum absolute atomic E-state index is 14.0. The number of hydrogen-bond acceptors (Lipinski definition) is 7. The van der Waals surface area contributed by atoms with Crippen molar-refractivity contribution in [2.45, 2.75) is 92.0 Å². The van der Waals surface area contributed by atoms with Crippen LogP contribution in [-0.4, -0.2) is 71.6 Å². The highest BCUT2D eigenvalue weighted by atomic mass is 32.2. The van der Waals surface area contributed by atoms with E-state index in [1.54, 1.807) is 39.5 Å². The van der Waals surface area contributed by atoms with Crippen LogP contribution in [0.4, 0.5) is 4.79 Å². The SMILES string of the molecule is CCOC(=O)CCNC(=O)C(c1cc(C)cc(C)c1)N(C(=O)C(CCSC)NC(=O)OC(C)(C)C)C(C)C. The van der Waals surface area contributed by atoms with E-state index in [0.717, 1.165) is 11.1 Å². The molecule has 0 aliphatic carbocycles. The number of rotatable bonds is 13. The summed E-state index contributed by atoms with van der Waals surface area (Å²) in [6.07, 6.45) is 1.62. The zero-order chi connectivity index (χ0) is 29.0. The number of esters is 1. The molecule has 0 saturated carbocycles. The number of benzene rings is 1. The van der Waals surface area contributed by atoms with Gasteiger partial charge in [0.05, 0.1) is 13.0 Å². The first-order chi connectivity index (χ1) is 17.7. The van der Waals surface area contributed by atoms with E-state index in [9.17, 15) is 19.2 Å². The van der Waals surface area contributed by atoms with E-state index in [2.05, 4.69) is 10.6 Å².